The van der Waals surface area contributed by atoms with E-state index in [0.29, 0.717) is 10.6 Å². The van der Waals surface area contributed by atoms with E-state index in [1.165, 1.54) is 44.7 Å². The second-order valence-corrected chi connectivity index (χ2v) is 4.93. The molecule has 2 rings (SSSR count). The number of carbonyl (C=O) groups excluding carboxylic acids is 1. The van der Waals surface area contributed by atoms with Crippen molar-refractivity contribution in [2.24, 2.45) is 0 Å². The van der Waals surface area contributed by atoms with Crippen molar-refractivity contribution in [3.05, 3.63) is 47.9 Å². The van der Waals surface area contributed by atoms with Gasteiger partial charge in [0.25, 0.3) is 5.91 Å². The van der Waals surface area contributed by atoms with Gasteiger partial charge in [-0.25, -0.2) is 0 Å². The Morgan fingerprint density at radius 2 is 1.88 bits per heavy atom. The molecule has 0 saturated heterocycles. The Morgan fingerprint density at radius 3 is 2.42 bits per heavy atom. The van der Waals surface area contributed by atoms with Crippen molar-refractivity contribution in [3.63, 3.8) is 0 Å². The summed E-state index contributed by atoms with van der Waals surface area (Å²) in [4.78, 5) is 13.2. The first-order valence-corrected chi connectivity index (χ1v) is 6.94. The van der Waals surface area contributed by atoms with Gasteiger partial charge in [0.2, 0.25) is 0 Å². The summed E-state index contributed by atoms with van der Waals surface area (Å²) in [6, 6.07) is 7.24. The fraction of sp³-hybridized carbons (Fsp3) is 0.312. The molecule has 0 saturated carbocycles. The highest BCUT2D eigenvalue weighted by atomic mass is 19.4. The molecule has 2 aromatic rings. The van der Waals surface area contributed by atoms with Crippen LogP contribution in [0.15, 0.2) is 41.0 Å². The normalized spacial score (nSPS) is 11.2. The zero-order valence-electron chi connectivity index (χ0n) is 13.1. The smallest absolute Gasteiger partial charge is 0.406 e. The van der Waals surface area contributed by atoms with E-state index in [2.05, 4.69) is 0 Å². The molecule has 1 heterocycles. The molecule has 0 atom stereocenters. The second-order valence-electron chi connectivity index (χ2n) is 4.93. The van der Waals surface area contributed by atoms with E-state index >= 15 is 0 Å². The third kappa shape index (κ3) is 4.43. The van der Waals surface area contributed by atoms with Gasteiger partial charge in [-0.05, 0) is 30.3 Å². The Hall–Kier alpha value is -2.64. The minimum Gasteiger partial charge on any atom is -0.493 e. The van der Waals surface area contributed by atoms with Crippen LogP contribution in [0.4, 0.5) is 13.2 Å². The molecule has 0 radical (unpaired) electrons. The summed E-state index contributed by atoms with van der Waals surface area (Å²) in [5, 5.41) is 0. The van der Waals surface area contributed by atoms with Gasteiger partial charge in [-0.2, -0.15) is 13.2 Å². The molecule has 0 aliphatic rings. The number of ether oxygens (including phenoxy) is 2. The summed E-state index contributed by atoms with van der Waals surface area (Å²) in [6.07, 6.45) is -3.19. The lowest BCUT2D eigenvalue weighted by Crippen LogP contribution is -2.38. The first kappa shape index (κ1) is 17.7. The number of methoxy groups -OCH3 is 2. The Balaban J connectivity index is 2.29. The largest absolute Gasteiger partial charge is 0.493 e. The van der Waals surface area contributed by atoms with Crippen LogP contribution in [-0.2, 0) is 6.54 Å². The Kier molecular flexibility index (Phi) is 5.38. The summed E-state index contributed by atoms with van der Waals surface area (Å²) in [5.41, 5.74) is 0.0588. The summed E-state index contributed by atoms with van der Waals surface area (Å²) in [6.45, 7) is -1.68. The highest BCUT2D eigenvalue weighted by Crippen LogP contribution is 2.29. The van der Waals surface area contributed by atoms with Crippen LogP contribution in [0.5, 0.6) is 11.5 Å². The first-order chi connectivity index (χ1) is 11.3. The third-order valence-corrected chi connectivity index (χ3v) is 3.21. The molecule has 0 spiro atoms. The lowest BCUT2D eigenvalue weighted by Gasteiger charge is -2.23. The molecule has 0 N–H and O–H groups in total. The number of furan rings is 1. The van der Waals surface area contributed by atoms with Crippen molar-refractivity contribution >= 4 is 5.91 Å². The second kappa shape index (κ2) is 7.29. The molecule has 1 aromatic heterocycles. The van der Waals surface area contributed by atoms with Crippen LogP contribution in [0.3, 0.4) is 0 Å². The van der Waals surface area contributed by atoms with Crippen LogP contribution in [0.1, 0.15) is 16.1 Å². The van der Waals surface area contributed by atoms with Gasteiger partial charge in [0.05, 0.1) is 27.0 Å². The number of alkyl halides is 3. The predicted molar refractivity (Wildman–Crippen MR) is 79.0 cm³/mol. The van der Waals surface area contributed by atoms with Gasteiger partial charge in [0.1, 0.15) is 12.3 Å². The fourth-order valence-electron chi connectivity index (χ4n) is 2.16. The number of amides is 1. The molecule has 0 aliphatic heterocycles. The summed E-state index contributed by atoms with van der Waals surface area (Å²) in [7, 11) is 2.80. The summed E-state index contributed by atoms with van der Waals surface area (Å²) >= 11 is 0. The van der Waals surface area contributed by atoms with Crippen molar-refractivity contribution in [2.75, 3.05) is 20.8 Å². The van der Waals surface area contributed by atoms with Gasteiger partial charge in [0.15, 0.2) is 11.5 Å². The first-order valence-electron chi connectivity index (χ1n) is 6.94. The Bertz CT molecular complexity index is 683. The number of nitrogens with zero attached hydrogens (tertiary/aromatic N) is 1. The van der Waals surface area contributed by atoms with Gasteiger partial charge in [-0.1, -0.05) is 0 Å². The SMILES string of the molecule is COc1ccc(C(=O)N(Cc2ccco2)CC(F)(F)F)cc1OC. The molecule has 130 valence electrons. The van der Waals surface area contributed by atoms with Crippen molar-refractivity contribution < 1.29 is 31.9 Å². The van der Waals surface area contributed by atoms with Crippen molar-refractivity contribution in [1.82, 2.24) is 4.90 Å². The average molecular weight is 343 g/mol. The van der Waals surface area contributed by atoms with Gasteiger partial charge < -0.3 is 18.8 Å². The zero-order valence-corrected chi connectivity index (χ0v) is 13.1. The number of hydrogen-bond donors (Lipinski definition) is 0. The zero-order chi connectivity index (χ0) is 17.7. The molecule has 1 amide bonds. The molecular weight excluding hydrogens is 327 g/mol. The van der Waals surface area contributed by atoms with E-state index in [1.807, 2.05) is 0 Å². The molecule has 0 aliphatic carbocycles. The van der Waals surface area contributed by atoms with Gasteiger partial charge >= 0.3 is 6.18 Å². The number of rotatable bonds is 6. The minimum atomic E-state index is -4.53. The van der Waals surface area contributed by atoms with E-state index in [-0.39, 0.29) is 23.6 Å². The van der Waals surface area contributed by atoms with E-state index in [9.17, 15) is 18.0 Å². The van der Waals surface area contributed by atoms with E-state index in [1.54, 1.807) is 6.07 Å². The van der Waals surface area contributed by atoms with Crippen LogP contribution in [0.2, 0.25) is 0 Å². The van der Waals surface area contributed by atoms with Gasteiger partial charge in [-0.3, -0.25) is 4.79 Å². The highest BCUT2D eigenvalue weighted by molar-refractivity contribution is 5.95. The fourth-order valence-corrected chi connectivity index (χ4v) is 2.16. The van der Waals surface area contributed by atoms with Crippen LogP contribution in [0, 0.1) is 0 Å². The maximum atomic E-state index is 12.8. The van der Waals surface area contributed by atoms with E-state index in [4.69, 9.17) is 13.9 Å². The van der Waals surface area contributed by atoms with Crippen LogP contribution >= 0.6 is 0 Å². The molecular formula is C16H16F3NO4. The standard InChI is InChI=1S/C16H16F3NO4/c1-22-13-6-5-11(8-14(13)23-2)15(21)20(10-16(17,18)19)9-12-4-3-7-24-12/h3-8H,9-10H2,1-2H3. The van der Waals surface area contributed by atoms with Crippen molar-refractivity contribution in [3.8, 4) is 11.5 Å². The Morgan fingerprint density at radius 1 is 1.17 bits per heavy atom. The van der Waals surface area contributed by atoms with E-state index in [0.717, 1.165) is 0 Å². The molecule has 8 heteroatoms. The third-order valence-electron chi connectivity index (χ3n) is 3.21. The topological polar surface area (TPSA) is 51.9 Å². The lowest BCUT2D eigenvalue weighted by atomic mass is 10.1. The van der Waals surface area contributed by atoms with Gasteiger partial charge in [-0.15, -0.1) is 0 Å². The van der Waals surface area contributed by atoms with Crippen molar-refractivity contribution in [1.29, 1.82) is 0 Å². The molecule has 1 aromatic carbocycles. The number of benzene rings is 1. The van der Waals surface area contributed by atoms with Crippen LogP contribution in [0.25, 0.3) is 0 Å². The molecule has 0 bridgehead atoms. The number of hydrogen-bond acceptors (Lipinski definition) is 4. The van der Waals surface area contributed by atoms with E-state index < -0.39 is 18.6 Å². The van der Waals surface area contributed by atoms with Crippen molar-refractivity contribution in [2.45, 2.75) is 12.7 Å². The summed E-state index contributed by atoms with van der Waals surface area (Å²) < 4.78 is 53.6. The summed E-state index contributed by atoms with van der Waals surface area (Å²) in [5.74, 6) is 0.105. The predicted octanol–water partition coefficient (Wildman–Crippen LogP) is 3.50. The lowest BCUT2D eigenvalue weighted by molar-refractivity contribution is -0.142. The number of carbonyl (C=O) groups is 1. The monoisotopic (exact) mass is 343 g/mol. The maximum Gasteiger partial charge on any atom is 0.406 e. The Labute approximate surface area is 136 Å². The number of halogens is 3. The molecule has 5 nitrogen and oxygen atoms in total. The maximum absolute atomic E-state index is 12.8. The molecule has 24 heavy (non-hydrogen) atoms. The minimum absolute atomic E-state index is 0.0588. The van der Waals surface area contributed by atoms with Crippen LogP contribution < -0.4 is 9.47 Å². The van der Waals surface area contributed by atoms with Gasteiger partial charge in [0, 0.05) is 5.56 Å². The molecule has 0 unspecified atom stereocenters. The molecule has 0 fully saturated rings. The quantitative estimate of drug-likeness (QED) is 0.806. The average Bonchev–Trinajstić information content (AvgIpc) is 3.04. The highest BCUT2D eigenvalue weighted by Gasteiger charge is 2.34. The van der Waals surface area contributed by atoms with Crippen LogP contribution in [-0.4, -0.2) is 37.7 Å².